The molecule has 0 unspecified atom stereocenters. The van der Waals surface area contributed by atoms with Crippen LogP contribution < -0.4 is 0 Å². The molecule has 2 aliphatic carbocycles. The van der Waals surface area contributed by atoms with Crippen molar-refractivity contribution in [3.63, 3.8) is 0 Å². The Bertz CT molecular complexity index is 367. The van der Waals surface area contributed by atoms with Gasteiger partial charge in [-0.3, -0.25) is 4.90 Å². The third-order valence-corrected chi connectivity index (χ3v) is 6.78. The molecular weight excluding hydrogens is 266 g/mol. The van der Waals surface area contributed by atoms with Crippen molar-refractivity contribution >= 4 is 0 Å². The van der Waals surface area contributed by atoms with Crippen LogP contribution in [0.3, 0.4) is 0 Å². The van der Waals surface area contributed by atoms with Gasteiger partial charge in [0, 0.05) is 19.6 Å². The topological polar surface area (TPSA) is 41.9 Å². The number of ether oxygens (including phenoxy) is 2. The van der Waals surface area contributed by atoms with Crippen molar-refractivity contribution in [2.75, 3.05) is 39.5 Å². The SMILES string of the molecule is CC1(C)[C@H]2CC[C@]1(C)[C@@H](OC[C@H](O)CN1CCOCC1)C2. The smallest absolute Gasteiger partial charge is 0.0900 e. The Labute approximate surface area is 128 Å². The highest BCUT2D eigenvalue weighted by Crippen LogP contribution is 2.66. The Morgan fingerprint density at radius 1 is 1.29 bits per heavy atom. The molecule has 0 aromatic carbocycles. The number of morpholine rings is 1. The lowest BCUT2D eigenvalue weighted by Gasteiger charge is -2.39. The van der Waals surface area contributed by atoms with Crippen molar-refractivity contribution in [2.45, 2.75) is 52.2 Å². The van der Waals surface area contributed by atoms with Crippen molar-refractivity contribution in [3.05, 3.63) is 0 Å². The van der Waals surface area contributed by atoms with Gasteiger partial charge in [0.2, 0.25) is 0 Å². The van der Waals surface area contributed by atoms with Gasteiger partial charge >= 0.3 is 0 Å². The van der Waals surface area contributed by atoms with Crippen molar-refractivity contribution in [3.8, 4) is 0 Å². The fourth-order valence-corrected chi connectivity index (χ4v) is 4.74. The average molecular weight is 297 g/mol. The molecule has 2 bridgehead atoms. The summed E-state index contributed by atoms with van der Waals surface area (Å²) in [5.41, 5.74) is 0.670. The van der Waals surface area contributed by atoms with E-state index in [1.54, 1.807) is 0 Å². The van der Waals surface area contributed by atoms with E-state index in [2.05, 4.69) is 25.7 Å². The molecule has 4 heteroatoms. The number of aliphatic hydroxyl groups excluding tert-OH is 1. The van der Waals surface area contributed by atoms with Gasteiger partial charge in [-0.25, -0.2) is 0 Å². The van der Waals surface area contributed by atoms with E-state index in [9.17, 15) is 5.11 Å². The fourth-order valence-electron chi connectivity index (χ4n) is 4.74. The van der Waals surface area contributed by atoms with Gasteiger partial charge in [-0.15, -0.1) is 0 Å². The number of hydrogen-bond donors (Lipinski definition) is 1. The lowest BCUT2D eigenvalue weighted by atomic mass is 9.70. The van der Waals surface area contributed by atoms with Crippen LogP contribution in [0, 0.1) is 16.7 Å². The number of hydrogen-bond acceptors (Lipinski definition) is 4. The summed E-state index contributed by atoms with van der Waals surface area (Å²) < 4.78 is 11.5. The van der Waals surface area contributed by atoms with Crippen LogP contribution in [0.25, 0.3) is 0 Å². The average Bonchev–Trinajstić information content (AvgIpc) is 2.79. The second kappa shape index (κ2) is 5.80. The van der Waals surface area contributed by atoms with E-state index in [1.807, 2.05) is 0 Å². The number of nitrogens with zero attached hydrogens (tertiary/aromatic N) is 1. The second-order valence-corrected chi connectivity index (χ2v) is 8.00. The molecule has 21 heavy (non-hydrogen) atoms. The third kappa shape index (κ3) is 2.76. The molecule has 0 spiro atoms. The summed E-state index contributed by atoms with van der Waals surface area (Å²) in [6, 6.07) is 0. The summed E-state index contributed by atoms with van der Waals surface area (Å²) in [6.45, 7) is 11.8. The Morgan fingerprint density at radius 2 is 2.00 bits per heavy atom. The van der Waals surface area contributed by atoms with Crippen LogP contribution in [0.2, 0.25) is 0 Å². The summed E-state index contributed by atoms with van der Waals surface area (Å²) >= 11 is 0. The monoisotopic (exact) mass is 297 g/mol. The first kappa shape index (κ1) is 15.7. The standard InChI is InChI=1S/C17H31NO3/c1-16(2)13-4-5-17(16,3)15(10-13)21-12-14(19)11-18-6-8-20-9-7-18/h13-15,19H,4-12H2,1-3H3/t13-,14+,15-,17+/m0/s1. The summed E-state index contributed by atoms with van der Waals surface area (Å²) in [5.74, 6) is 0.795. The minimum Gasteiger partial charge on any atom is -0.389 e. The molecule has 2 saturated carbocycles. The second-order valence-electron chi connectivity index (χ2n) is 8.00. The lowest BCUT2D eigenvalue weighted by Crippen LogP contribution is -2.43. The molecule has 122 valence electrons. The number of β-amino-alcohol motifs (C(OH)–C–C–N with tert-alkyl or cyclic N) is 1. The van der Waals surface area contributed by atoms with Crippen LogP contribution in [-0.4, -0.2) is 61.7 Å². The number of fused-ring (bicyclic) bond motifs is 2. The zero-order chi connectivity index (χ0) is 15.1. The van der Waals surface area contributed by atoms with E-state index in [4.69, 9.17) is 9.47 Å². The summed E-state index contributed by atoms with van der Waals surface area (Å²) in [5, 5.41) is 10.2. The molecule has 0 amide bonds. The molecule has 3 fully saturated rings. The van der Waals surface area contributed by atoms with Crippen molar-refractivity contribution in [1.82, 2.24) is 4.90 Å². The fraction of sp³-hybridized carbons (Fsp3) is 1.00. The number of rotatable bonds is 5. The highest BCUT2D eigenvalue weighted by Gasteiger charge is 2.61. The van der Waals surface area contributed by atoms with Crippen LogP contribution >= 0.6 is 0 Å². The molecule has 0 aromatic rings. The van der Waals surface area contributed by atoms with E-state index in [1.165, 1.54) is 19.3 Å². The minimum absolute atomic E-state index is 0.288. The molecule has 0 aromatic heterocycles. The largest absolute Gasteiger partial charge is 0.389 e. The van der Waals surface area contributed by atoms with Crippen molar-refractivity contribution < 1.29 is 14.6 Å². The zero-order valence-electron chi connectivity index (χ0n) is 13.8. The van der Waals surface area contributed by atoms with Crippen molar-refractivity contribution in [2.24, 2.45) is 16.7 Å². The van der Waals surface area contributed by atoms with Crippen LogP contribution in [0.4, 0.5) is 0 Å². The Hall–Kier alpha value is -0.160. The van der Waals surface area contributed by atoms with E-state index < -0.39 is 0 Å². The predicted octanol–water partition coefficient (Wildman–Crippen LogP) is 1.91. The Balaban J connectivity index is 1.47. The number of aliphatic hydroxyl groups is 1. The molecule has 1 aliphatic heterocycles. The Kier molecular flexibility index (Phi) is 4.34. The predicted molar refractivity (Wildman–Crippen MR) is 82.2 cm³/mol. The first-order valence-corrected chi connectivity index (χ1v) is 8.53. The van der Waals surface area contributed by atoms with Crippen LogP contribution in [-0.2, 0) is 9.47 Å². The minimum atomic E-state index is -0.381. The van der Waals surface area contributed by atoms with Gasteiger partial charge in [-0.05, 0) is 36.0 Å². The maximum atomic E-state index is 10.2. The molecular formula is C17H31NO3. The van der Waals surface area contributed by atoms with Gasteiger partial charge < -0.3 is 14.6 Å². The summed E-state index contributed by atoms with van der Waals surface area (Å²) in [4.78, 5) is 2.27. The van der Waals surface area contributed by atoms with E-state index in [-0.39, 0.29) is 11.5 Å². The molecule has 0 radical (unpaired) electrons. The first-order chi connectivity index (χ1) is 9.93. The molecule has 3 rings (SSSR count). The van der Waals surface area contributed by atoms with Crippen LogP contribution in [0.15, 0.2) is 0 Å². The van der Waals surface area contributed by atoms with E-state index in [0.29, 0.717) is 24.7 Å². The summed E-state index contributed by atoms with van der Waals surface area (Å²) in [7, 11) is 0. The highest BCUT2D eigenvalue weighted by atomic mass is 16.5. The highest BCUT2D eigenvalue weighted by molar-refractivity contribution is 5.11. The molecule has 3 aliphatic rings. The van der Waals surface area contributed by atoms with Crippen LogP contribution in [0.5, 0.6) is 0 Å². The quantitative estimate of drug-likeness (QED) is 0.842. The maximum absolute atomic E-state index is 10.2. The maximum Gasteiger partial charge on any atom is 0.0900 e. The van der Waals surface area contributed by atoms with E-state index in [0.717, 1.165) is 32.2 Å². The summed E-state index contributed by atoms with van der Waals surface area (Å²) in [6.07, 6.45) is 3.74. The van der Waals surface area contributed by atoms with E-state index >= 15 is 0 Å². The third-order valence-electron chi connectivity index (χ3n) is 6.78. The molecule has 4 atom stereocenters. The van der Waals surface area contributed by atoms with Crippen molar-refractivity contribution in [1.29, 1.82) is 0 Å². The van der Waals surface area contributed by atoms with Gasteiger partial charge in [0.1, 0.15) is 0 Å². The normalized spacial score (nSPS) is 40.6. The Morgan fingerprint density at radius 3 is 2.57 bits per heavy atom. The van der Waals surface area contributed by atoms with Crippen LogP contribution in [0.1, 0.15) is 40.0 Å². The van der Waals surface area contributed by atoms with Gasteiger partial charge in [0.15, 0.2) is 0 Å². The van der Waals surface area contributed by atoms with Gasteiger partial charge in [0.05, 0.1) is 32.0 Å². The molecule has 1 N–H and O–H groups in total. The molecule has 1 heterocycles. The zero-order valence-corrected chi connectivity index (χ0v) is 13.8. The first-order valence-electron chi connectivity index (χ1n) is 8.53. The molecule has 1 saturated heterocycles. The molecule has 4 nitrogen and oxygen atoms in total. The van der Waals surface area contributed by atoms with Gasteiger partial charge in [-0.2, -0.15) is 0 Å². The van der Waals surface area contributed by atoms with Gasteiger partial charge in [-0.1, -0.05) is 20.8 Å². The lowest BCUT2D eigenvalue weighted by molar-refractivity contribution is -0.0831. The van der Waals surface area contributed by atoms with Gasteiger partial charge in [0.25, 0.3) is 0 Å².